The summed E-state index contributed by atoms with van der Waals surface area (Å²) in [4.78, 5) is 0.891. The predicted molar refractivity (Wildman–Crippen MR) is 79.0 cm³/mol. The average molecular weight is 279 g/mol. The quantitative estimate of drug-likeness (QED) is 0.851. The van der Waals surface area contributed by atoms with Crippen molar-refractivity contribution in [3.63, 3.8) is 0 Å². The summed E-state index contributed by atoms with van der Waals surface area (Å²) in [6, 6.07) is 6.19. The van der Waals surface area contributed by atoms with E-state index in [9.17, 15) is 4.39 Å². The molecule has 0 atom stereocenters. The topological polar surface area (TPSA) is 12.0 Å². The van der Waals surface area contributed by atoms with Gasteiger partial charge >= 0.3 is 0 Å². The highest BCUT2D eigenvalue weighted by Gasteiger charge is 2.22. The lowest BCUT2D eigenvalue weighted by Crippen LogP contribution is -2.17. The van der Waals surface area contributed by atoms with Crippen molar-refractivity contribution in [1.82, 2.24) is 5.32 Å². The van der Waals surface area contributed by atoms with E-state index in [-0.39, 0.29) is 5.82 Å². The summed E-state index contributed by atoms with van der Waals surface area (Å²) in [6.45, 7) is 0.817. The molecule has 3 heteroatoms. The highest BCUT2D eigenvalue weighted by atomic mass is 32.2. The van der Waals surface area contributed by atoms with Crippen LogP contribution in [0.2, 0.25) is 0 Å². The molecule has 1 aromatic carbocycles. The van der Waals surface area contributed by atoms with Crippen LogP contribution in [0.4, 0.5) is 4.39 Å². The second-order valence-electron chi connectivity index (χ2n) is 5.76. The van der Waals surface area contributed by atoms with Gasteiger partial charge < -0.3 is 5.32 Å². The van der Waals surface area contributed by atoms with Crippen molar-refractivity contribution in [2.45, 2.75) is 67.7 Å². The van der Waals surface area contributed by atoms with Gasteiger partial charge in [0.15, 0.2) is 0 Å². The van der Waals surface area contributed by atoms with E-state index in [1.165, 1.54) is 44.9 Å². The third-order valence-electron chi connectivity index (χ3n) is 4.04. The molecule has 0 heterocycles. The van der Waals surface area contributed by atoms with Crippen LogP contribution in [0.25, 0.3) is 0 Å². The van der Waals surface area contributed by atoms with Gasteiger partial charge in [0.1, 0.15) is 5.82 Å². The van der Waals surface area contributed by atoms with Gasteiger partial charge in [-0.15, -0.1) is 11.8 Å². The third kappa shape index (κ3) is 3.73. The van der Waals surface area contributed by atoms with Crippen LogP contribution in [0.3, 0.4) is 0 Å². The molecule has 0 aliphatic heterocycles. The zero-order valence-electron chi connectivity index (χ0n) is 11.3. The molecule has 2 fully saturated rings. The van der Waals surface area contributed by atoms with Crippen LogP contribution in [0.15, 0.2) is 23.1 Å². The molecule has 0 radical (unpaired) electrons. The van der Waals surface area contributed by atoms with Gasteiger partial charge in [0.05, 0.1) is 0 Å². The predicted octanol–water partition coefficient (Wildman–Crippen LogP) is 4.50. The second-order valence-corrected chi connectivity index (χ2v) is 7.07. The molecule has 2 saturated carbocycles. The maximum Gasteiger partial charge on any atom is 0.137 e. The smallest absolute Gasteiger partial charge is 0.137 e. The number of rotatable bonds is 5. The summed E-state index contributed by atoms with van der Waals surface area (Å²) in [7, 11) is 0. The van der Waals surface area contributed by atoms with E-state index in [1.807, 2.05) is 6.07 Å². The molecule has 1 nitrogen and oxygen atoms in total. The lowest BCUT2D eigenvalue weighted by atomic mass is 10.0. The molecule has 2 aliphatic rings. The average Bonchev–Trinajstić information content (AvgIpc) is 3.25. The van der Waals surface area contributed by atoms with E-state index >= 15 is 0 Å². The van der Waals surface area contributed by atoms with Crippen LogP contribution in [0.1, 0.15) is 50.5 Å². The fraction of sp³-hybridized carbons (Fsp3) is 0.625. The number of nitrogens with one attached hydrogen (secondary N) is 1. The molecular formula is C16H22FNS. The minimum absolute atomic E-state index is 0.0364. The standard InChI is InChI=1S/C16H22FNS/c17-15-8-4-5-12(11-18-13-9-10-13)16(15)19-14-6-2-1-3-7-14/h4-5,8,13-14,18H,1-3,6-7,9-11H2. The van der Waals surface area contributed by atoms with Crippen molar-refractivity contribution in [3.05, 3.63) is 29.6 Å². The van der Waals surface area contributed by atoms with Crippen LogP contribution in [0, 0.1) is 5.82 Å². The second kappa shape index (κ2) is 6.27. The molecule has 0 spiro atoms. The van der Waals surface area contributed by atoms with Gasteiger partial charge in [-0.3, -0.25) is 0 Å². The molecule has 1 aromatic rings. The van der Waals surface area contributed by atoms with E-state index in [4.69, 9.17) is 0 Å². The fourth-order valence-electron chi connectivity index (χ4n) is 2.72. The maximum absolute atomic E-state index is 14.1. The summed E-state index contributed by atoms with van der Waals surface area (Å²) < 4.78 is 14.1. The monoisotopic (exact) mass is 279 g/mol. The van der Waals surface area contributed by atoms with E-state index in [0.29, 0.717) is 11.3 Å². The molecule has 0 aromatic heterocycles. The van der Waals surface area contributed by atoms with E-state index in [1.54, 1.807) is 17.8 Å². The SMILES string of the molecule is Fc1cccc(CNC2CC2)c1SC1CCCCC1. The van der Waals surface area contributed by atoms with Crippen molar-refractivity contribution in [2.24, 2.45) is 0 Å². The first-order valence-corrected chi connectivity index (χ1v) is 8.38. The number of thioether (sulfide) groups is 1. The fourth-order valence-corrected chi connectivity index (χ4v) is 4.09. The minimum atomic E-state index is -0.0364. The van der Waals surface area contributed by atoms with Crippen molar-refractivity contribution >= 4 is 11.8 Å². The highest BCUT2D eigenvalue weighted by Crippen LogP contribution is 2.37. The lowest BCUT2D eigenvalue weighted by molar-refractivity contribution is 0.514. The normalized spacial score (nSPS) is 20.7. The Balaban J connectivity index is 1.69. The zero-order chi connectivity index (χ0) is 13.1. The number of hydrogen-bond donors (Lipinski definition) is 1. The number of halogens is 1. The molecule has 1 N–H and O–H groups in total. The first-order chi connectivity index (χ1) is 9.33. The molecule has 0 unspecified atom stereocenters. The van der Waals surface area contributed by atoms with Crippen molar-refractivity contribution in [2.75, 3.05) is 0 Å². The third-order valence-corrected chi connectivity index (χ3v) is 5.54. The Labute approximate surface area is 119 Å². The van der Waals surface area contributed by atoms with E-state index < -0.39 is 0 Å². The van der Waals surface area contributed by atoms with Crippen LogP contribution in [-0.4, -0.2) is 11.3 Å². The molecule has 0 amide bonds. The van der Waals surface area contributed by atoms with Crippen LogP contribution in [0.5, 0.6) is 0 Å². The van der Waals surface area contributed by atoms with Gasteiger partial charge in [0.25, 0.3) is 0 Å². The Morgan fingerprint density at radius 2 is 1.89 bits per heavy atom. The minimum Gasteiger partial charge on any atom is -0.310 e. The summed E-state index contributed by atoms with van der Waals surface area (Å²) in [5, 5.41) is 4.11. The van der Waals surface area contributed by atoms with E-state index in [2.05, 4.69) is 11.4 Å². The summed E-state index contributed by atoms with van der Waals surface area (Å²) in [5.74, 6) is -0.0364. The molecule has 0 saturated heterocycles. The Morgan fingerprint density at radius 1 is 1.11 bits per heavy atom. The first-order valence-electron chi connectivity index (χ1n) is 7.50. The van der Waals surface area contributed by atoms with Gasteiger partial charge in [-0.2, -0.15) is 0 Å². The number of hydrogen-bond acceptors (Lipinski definition) is 2. The lowest BCUT2D eigenvalue weighted by Gasteiger charge is -2.22. The first kappa shape index (κ1) is 13.4. The Kier molecular flexibility index (Phi) is 4.44. The largest absolute Gasteiger partial charge is 0.310 e. The summed E-state index contributed by atoms with van der Waals surface area (Å²) in [5.41, 5.74) is 1.14. The zero-order valence-corrected chi connectivity index (χ0v) is 12.1. The van der Waals surface area contributed by atoms with E-state index in [0.717, 1.165) is 17.0 Å². The Bertz CT molecular complexity index is 425. The highest BCUT2D eigenvalue weighted by molar-refractivity contribution is 8.00. The van der Waals surface area contributed by atoms with Gasteiger partial charge in [0, 0.05) is 22.7 Å². The van der Waals surface area contributed by atoms with Crippen molar-refractivity contribution < 1.29 is 4.39 Å². The molecule has 2 aliphatic carbocycles. The molecule has 3 rings (SSSR count). The Morgan fingerprint density at radius 3 is 2.63 bits per heavy atom. The number of benzene rings is 1. The van der Waals surface area contributed by atoms with Crippen LogP contribution < -0.4 is 5.32 Å². The molecular weight excluding hydrogens is 257 g/mol. The van der Waals surface area contributed by atoms with Gasteiger partial charge in [0.2, 0.25) is 0 Å². The van der Waals surface area contributed by atoms with Crippen LogP contribution in [-0.2, 0) is 6.54 Å². The van der Waals surface area contributed by atoms with Gasteiger partial charge in [-0.25, -0.2) is 4.39 Å². The van der Waals surface area contributed by atoms with Gasteiger partial charge in [-0.1, -0.05) is 31.4 Å². The summed E-state index contributed by atoms with van der Waals surface area (Å²) >= 11 is 1.77. The van der Waals surface area contributed by atoms with Crippen molar-refractivity contribution in [3.8, 4) is 0 Å². The Hall–Kier alpha value is -0.540. The maximum atomic E-state index is 14.1. The molecule has 0 bridgehead atoms. The molecule has 104 valence electrons. The van der Waals surface area contributed by atoms with Crippen LogP contribution >= 0.6 is 11.8 Å². The molecule has 19 heavy (non-hydrogen) atoms. The van der Waals surface area contributed by atoms with Crippen molar-refractivity contribution in [1.29, 1.82) is 0 Å². The van der Waals surface area contributed by atoms with Gasteiger partial charge in [-0.05, 0) is 37.3 Å². The summed E-state index contributed by atoms with van der Waals surface area (Å²) in [6.07, 6.45) is 9.01.